The molecule has 2 atom stereocenters. The van der Waals surface area contributed by atoms with E-state index < -0.39 is 0 Å². The quantitative estimate of drug-likeness (QED) is 0.637. The van der Waals surface area contributed by atoms with Crippen LogP contribution in [0.15, 0.2) is 24.3 Å². The van der Waals surface area contributed by atoms with E-state index in [1.165, 1.54) is 37.0 Å². The highest BCUT2D eigenvalue weighted by Gasteiger charge is 2.17. The molecule has 0 amide bonds. The summed E-state index contributed by atoms with van der Waals surface area (Å²) in [6.45, 7) is 0.964. The Balaban J connectivity index is 1.63. The van der Waals surface area contributed by atoms with Gasteiger partial charge in [-0.05, 0) is 62.3 Å². The molecule has 3 heteroatoms. The molecule has 110 valence electrons. The van der Waals surface area contributed by atoms with Gasteiger partial charge in [-0.1, -0.05) is 25.0 Å². The molecule has 1 heterocycles. The average Bonchev–Trinajstić information content (AvgIpc) is 2.70. The Morgan fingerprint density at radius 3 is 2.70 bits per heavy atom. The highest BCUT2D eigenvalue weighted by Crippen LogP contribution is 2.22. The number of carbonyl (C=O) groups is 1. The second kappa shape index (κ2) is 8.15. The van der Waals surface area contributed by atoms with Crippen molar-refractivity contribution in [2.45, 2.75) is 51.0 Å². The van der Waals surface area contributed by atoms with Crippen LogP contribution in [0.5, 0.6) is 0 Å². The van der Waals surface area contributed by atoms with Crippen LogP contribution in [0.1, 0.15) is 44.1 Å². The first-order valence-corrected chi connectivity index (χ1v) is 7.71. The maximum Gasteiger partial charge on any atom is 0.136 e. The number of carbonyl (C=O) groups excluding carboxylic acids is 1. The number of hydrogen-bond acceptors (Lipinski definition) is 2. The Morgan fingerprint density at radius 2 is 1.95 bits per heavy atom. The van der Waals surface area contributed by atoms with Gasteiger partial charge in [-0.3, -0.25) is 0 Å². The Kier molecular flexibility index (Phi) is 6.19. The van der Waals surface area contributed by atoms with Crippen LogP contribution in [-0.4, -0.2) is 18.9 Å². The molecule has 1 aliphatic heterocycles. The van der Waals surface area contributed by atoms with Gasteiger partial charge in [0.05, 0.1) is 6.04 Å². The average molecular weight is 277 g/mol. The number of aryl methyl sites for hydroxylation is 1. The normalized spacial score (nSPS) is 23.2. The molecule has 0 bridgehead atoms. The Bertz CT molecular complexity index is 404. The van der Waals surface area contributed by atoms with E-state index in [0.29, 0.717) is 0 Å². The summed E-state index contributed by atoms with van der Waals surface area (Å²) < 4.78 is 12.8. The predicted octanol–water partition coefficient (Wildman–Crippen LogP) is 3.50. The van der Waals surface area contributed by atoms with Crippen LogP contribution in [0.4, 0.5) is 4.39 Å². The van der Waals surface area contributed by atoms with Crippen molar-refractivity contribution in [1.82, 2.24) is 5.32 Å². The first-order chi connectivity index (χ1) is 9.78. The zero-order valence-electron chi connectivity index (χ0n) is 12.0. The molecule has 1 aromatic rings. The number of benzene rings is 1. The van der Waals surface area contributed by atoms with Crippen LogP contribution < -0.4 is 5.32 Å². The van der Waals surface area contributed by atoms with E-state index >= 15 is 0 Å². The van der Waals surface area contributed by atoms with Gasteiger partial charge in [0.1, 0.15) is 12.1 Å². The van der Waals surface area contributed by atoms with Gasteiger partial charge in [0.25, 0.3) is 0 Å². The number of hydrogen-bond donors (Lipinski definition) is 1. The molecule has 0 radical (unpaired) electrons. The maximum absolute atomic E-state index is 12.8. The fourth-order valence-corrected chi connectivity index (χ4v) is 2.95. The maximum atomic E-state index is 12.8. The summed E-state index contributed by atoms with van der Waals surface area (Å²) in [7, 11) is 0. The van der Waals surface area contributed by atoms with E-state index in [1.807, 2.05) is 12.1 Å². The molecule has 0 aromatic heterocycles. The number of halogens is 1. The first-order valence-electron chi connectivity index (χ1n) is 7.71. The number of unbranched alkanes of at least 4 members (excludes halogenated alkanes) is 1. The van der Waals surface area contributed by atoms with Crippen molar-refractivity contribution in [2.75, 3.05) is 6.54 Å². The van der Waals surface area contributed by atoms with E-state index in [2.05, 4.69) is 5.32 Å². The SMILES string of the molecule is O=CC1CCC(CCCCc2ccc(F)cc2)CCN1. The molecule has 1 aromatic carbocycles. The Labute approximate surface area is 120 Å². The molecule has 20 heavy (non-hydrogen) atoms. The summed E-state index contributed by atoms with van der Waals surface area (Å²) in [6.07, 6.45) is 9.01. The van der Waals surface area contributed by atoms with Crippen molar-refractivity contribution in [3.8, 4) is 0 Å². The minimum atomic E-state index is -0.163. The van der Waals surface area contributed by atoms with Crippen molar-refractivity contribution in [3.05, 3.63) is 35.6 Å². The molecular formula is C17H24FNO. The van der Waals surface area contributed by atoms with Crippen molar-refractivity contribution >= 4 is 6.29 Å². The summed E-state index contributed by atoms with van der Waals surface area (Å²) in [5, 5.41) is 3.28. The molecule has 1 aliphatic rings. The van der Waals surface area contributed by atoms with Gasteiger partial charge >= 0.3 is 0 Å². The smallest absolute Gasteiger partial charge is 0.136 e. The lowest BCUT2D eigenvalue weighted by Gasteiger charge is -2.13. The minimum Gasteiger partial charge on any atom is -0.308 e. The molecule has 0 aliphatic carbocycles. The molecule has 1 fully saturated rings. The summed E-state index contributed by atoms with van der Waals surface area (Å²) in [5.74, 6) is 0.588. The van der Waals surface area contributed by atoms with Crippen LogP contribution in [-0.2, 0) is 11.2 Å². The second-order valence-corrected chi connectivity index (χ2v) is 5.80. The number of aldehydes is 1. The third-order valence-electron chi connectivity index (χ3n) is 4.25. The minimum absolute atomic E-state index is 0.0687. The van der Waals surface area contributed by atoms with Gasteiger partial charge in [-0.15, -0.1) is 0 Å². The largest absolute Gasteiger partial charge is 0.308 e. The fraction of sp³-hybridized carbons (Fsp3) is 0.588. The lowest BCUT2D eigenvalue weighted by Crippen LogP contribution is -2.29. The van der Waals surface area contributed by atoms with E-state index in [9.17, 15) is 9.18 Å². The molecular weight excluding hydrogens is 253 g/mol. The van der Waals surface area contributed by atoms with Gasteiger partial charge in [-0.2, -0.15) is 0 Å². The van der Waals surface area contributed by atoms with Crippen LogP contribution in [0.2, 0.25) is 0 Å². The van der Waals surface area contributed by atoms with Gasteiger partial charge < -0.3 is 10.1 Å². The van der Waals surface area contributed by atoms with Crippen LogP contribution in [0, 0.1) is 11.7 Å². The van der Waals surface area contributed by atoms with Crippen molar-refractivity contribution in [1.29, 1.82) is 0 Å². The number of nitrogens with one attached hydrogen (secondary N) is 1. The molecule has 2 unspecified atom stereocenters. The zero-order chi connectivity index (χ0) is 14.2. The molecule has 1 saturated heterocycles. The lowest BCUT2D eigenvalue weighted by atomic mass is 9.93. The lowest BCUT2D eigenvalue weighted by molar-refractivity contribution is -0.109. The fourth-order valence-electron chi connectivity index (χ4n) is 2.95. The van der Waals surface area contributed by atoms with Gasteiger partial charge in [0.2, 0.25) is 0 Å². The van der Waals surface area contributed by atoms with Crippen molar-refractivity contribution in [3.63, 3.8) is 0 Å². The summed E-state index contributed by atoms with van der Waals surface area (Å²) in [5.41, 5.74) is 1.22. The Morgan fingerprint density at radius 1 is 1.15 bits per heavy atom. The first kappa shape index (κ1) is 15.2. The topological polar surface area (TPSA) is 29.1 Å². The van der Waals surface area contributed by atoms with E-state index in [1.54, 1.807) is 0 Å². The predicted molar refractivity (Wildman–Crippen MR) is 79.2 cm³/mol. The van der Waals surface area contributed by atoms with Crippen molar-refractivity contribution < 1.29 is 9.18 Å². The Hall–Kier alpha value is -1.22. The monoisotopic (exact) mass is 277 g/mol. The standard InChI is InChI=1S/C17H24FNO/c18-16-8-5-14(6-9-16)3-1-2-4-15-7-10-17(13-20)19-12-11-15/h5-6,8-9,13,15,17,19H,1-4,7,10-12H2. The molecule has 2 rings (SSSR count). The van der Waals surface area contributed by atoms with E-state index in [-0.39, 0.29) is 11.9 Å². The van der Waals surface area contributed by atoms with Crippen LogP contribution >= 0.6 is 0 Å². The molecule has 2 nitrogen and oxygen atoms in total. The molecule has 0 saturated carbocycles. The van der Waals surface area contributed by atoms with Crippen LogP contribution in [0.3, 0.4) is 0 Å². The highest BCUT2D eigenvalue weighted by molar-refractivity contribution is 5.57. The zero-order valence-corrected chi connectivity index (χ0v) is 12.0. The van der Waals surface area contributed by atoms with E-state index in [4.69, 9.17) is 0 Å². The number of rotatable bonds is 6. The highest BCUT2D eigenvalue weighted by atomic mass is 19.1. The third-order valence-corrected chi connectivity index (χ3v) is 4.25. The third kappa shape index (κ3) is 5.04. The van der Waals surface area contributed by atoms with Gasteiger partial charge in [0.15, 0.2) is 0 Å². The summed E-state index contributed by atoms with van der Waals surface area (Å²) in [4.78, 5) is 10.8. The summed E-state index contributed by atoms with van der Waals surface area (Å²) >= 11 is 0. The molecule has 0 spiro atoms. The second-order valence-electron chi connectivity index (χ2n) is 5.80. The van der Waals surface area contributed by atoms with Gasteiger partial charge in [0, 0.05) is 0 Å². The van der Waals surface area contributed by atoms with Crippen molar-refractivity contribution in [2.24, 2.45) is 5.92 Å². The van der Waals surface area contributed by atoms with Crippen LogP contribution in [0.25, 0.3) is 0 Å². The summed E-state index contributed by atoms with van der Waals surface area (Å²) in [6, 6.07) is 6.89. The van der Waals surface area contributed by atoms with E-state index in [0.717, 1.165) is 44.4 Å². The molecule has 1 N–H and O–H groups in total. The van der Waals surface area contributed by atoms with Gasteiger partial charge in [-0.25, -0.2) is 4.39 Å².